The van der Waals surface area contributed by atoms with Crippen LogP contribution in [0.2, 0.25) is 0 Å². The Hall–Kier alpha value is -2.24. The minimum Gasteiger partial charge on any atom is -0.293 e. The average molecular weight is 248 g/mol. The number of carbonyl (C=O) groups is 2. The molecule has 0 saturated heterocycles. The van der Waals surface area contributed by atoms with Gasteiger partial charge >= 0.3 is 0 Å². The number of Topliss-reactive ketones (excluding diaryl/α,β-unsaturated/α-hetero) is 2. The third kappa shape index (κ3) is 3.97. The quantitative estimate of drug-likeness (QED) is 0.750. The summed E-state index contributed by atoms with van der Waals surface area (Å²) in [6, 6.07) is 3.39. The lowest BCUT2D eigenvalue weighted by molar-refractivity contribution is 0.0999. The molecule has 6 nitrogen and oxygen atoms in total. The van der Waals surface area contributed by atoms with Crippen LogP contribution in [-0.4, -0.2) is 31.1 Å². The Morgan fingerprint density at radius 2 is 1.22 bits per heavy atom. The van der Waals surface area contributed by atoms with Gasteiger partial charge in [-0.2, -0.15) is 10.2 Å². The number of rotatable bonds is 2. The normalized spacial score (nSPS) is 9.56. The molecule has 0 saturated carbocycles. The van der Waals surface area contributed by atoms with E-state index in [1.807, 2.05) is 0 Å². The maximum Gasteiger partial charge on any atom is 0.179 e. The molecule has 96 valence electrons. The number of nitrogens with zero attached hydrogens (tertiary/aromatic N) is 4. The molecular formula is C12H16N4O2. The average Bonchev–Trinajstić information content (AvgIpc) is 2.88. The Bertz CT molecular complexity index is 504. The second kappa shape index (κ2) is 5.90. The number of aromatic nitrogens is 4. The van der Waals surface area contributed by atoms with E-state index in [0.29, 0.717) is 11.4 Å². The topological polar surface area (TPSA) is 69.8 Å². The Morgan fingerprint density at radius 3 is 1.33 bits per heavy atom. The lowest BCUT2D eigenvalue weighted by Gasteiger charge is -1.83. The lowest BCUT2D eigenvalue weighted by atomic mass is 10.3. The summed E-state index contributed by atoms with van der Waals surface area (Å²) < 4.78 is 3.22. The van der Waals surface area contributed by atoms with Crippen LogP contribution in [0.1, 0.15) is 34.8 Å². The lowest BCUT2D eigenvalue weighted by Crippen LogP contribution is -1.95. The van der Waals surface area contributed by atoms with Crippen LogP contribution in [0.25, 0.3) is 0 Å². The van der Waals surface area contributed by atoms with Crippen LogP contribution in [-0.2, 0) is 14.1 Å². The van der Waals surface area contributed by atoms with Gasteiger partial charge in [-0.05, 0) is 12.1 Å². The fourth-order valence-corrected chi connectivity index (χ4v) is 1.21. The third-order valence-electron chi connectivity index (χ3n) is 2.15. The minimum absolute atomic E-state index is 0.00981. The highest BCUT2D eigenvalue weighted by Crippen LogP contribution is 1.93. The molecule has 0 aliphatic carbocycles. The van der Waals surface area contributed by atoms with Crippen molar-refractivity contribution < 1.29 is 9.59 Å². The van der Waals surface area contributed by atoms with Crippen molar-refractivity contribution in [2.45, 2.75) is 13.8 Å². The monoisotopic (exact) mass is 248 g/mol. The van der Waals surface area contributed by atoms with Gasteiger partial charge in [0.25, 0.3) is 0 Å². The van der Waals surface area contributed by atoms with E-state index in [1.54, 1.807) is 48.0 Å². The second-order valence-corrected chi connectivity index (χ2v) is 3.86. The number of aryl methyl sites for hydroxylation is 2. The predicted molar refractivity (Wildman–Crippen MR) is 66.4 cm³/mol. The van der Waals surface area contributed by atoms with E-state index in [1.165, 1.54) is 13.8 Å². The van der Waals surface area contributed by atoms with E-state index in [-0.39, 0.29) is 11.6 Å². The van der Waals surface area contributed by atoms with Crippen LogP contribution in [0, 0.1) is 0 Å². The van der Waals surface area contributed by atoms with E-state index >= 15 is 0 Å². The van der Waals surface area contributed by atoms with Gasteiger partial charge in [0.2, 0.25) is 0 Å². The first-order chi connectivity index (χ1) is 8.40. The van der Waals surface area contributed by atoms with Crippen LogP contribution >= 0.6 is 0 Å². The van der Waals surface area contributed by atoms with Crippen molar-refractivity contribution in [3.05, 3.63) is 35.9 Å². The molecule has 0 N–H and O–H groups in total. The van der Waals surface area contributed by atoms with Crippen molar-refractivity contribution in [1.29, 1.82) is 0 Å². The molecule has 6 heteroatoms. The summed E-state index contributed by atoms with van der Waals surface area (Å²) >= 11 is 0. The summed E-state index contributed by atoms with van der Waals surface area (Å²) in [5.74, 6) is 0.0196. The first kappa shape index (κ1) is 13.8. The van der Waals surface area contributed by atoms with Crippen molar-refractivity contribution in [2.24, 2.45) is 14.1 Å². The van der Waals surface area contributed by atoms with E-state index in [4.69, 9.17) is 0 Å². The van der Waals surface area contributed by atoms with Crippen LogP contribution in [0.4, 0.5) is 0 Å². The Balaban J connectivity index is 0.000000180. The van der Waals surface area contributed by atoms with Crippen LogP contribution in [0.15, 0.2) is 24.5 Å². The highest BCUT2D eigenvalue weighted by atomic mass is 16.1. The van der Waals surface area contributed by atoms with Crippen LogP contribution < -0.4 is 0 Å². The first-order valence-electron chi connectivity index (χ1n) is 5.41. The molecule has 0 aromatic carbocycles. The molecule has 2 aromatic rings. The molecule has 0 amide bonds. The summed E-state index contributed by atoms with van der Waals surface area (Å²) in [4.78, 5) is 21.2. The van der Waals surface area contributed by atoms with Gasteiger partial charge in [-0.15, -0.1) is 0 Å². The maximum atomic E-state index is 10.6. The van der Waals surface area contributed by atoms with Crippen molar-refractivity contribution >= 4 is 11.6 Å². The van der Waals surface area contributed by atoms with Gasteiger partial charge in [-0.25, -0.2) is 0 Å². The molecule has 0 aliphatic rings. The highest BCUT2D eigenvalue weighted by Gasteiger charge is 2.00. The molecule has 0 radical (unpaired) electrons. The zero-order valence-electron chi connectivity index (χ0n) is 10.9. The summed E-state index contributed by atoms with van der Waals surface area (Å²) in [6.07, 6.45) is 3.49. The molecule has 0 atom stereocenters. The smallest absolute Gasteiger partial charge is 0.179 e. The van der Waals surface area contributed by atoms with E-state index in [2.05, 4.69) is 10.2 Å². The number of hydrogen-bond acceptors (Lipinski definition) is 4. The second-order valence-electron chi connectivity index (χ2n) is 3.86. The molecule has 18 heavy (non-hydrogen) atoms. The van der Waals surface area contributed by atoms with Crippen molar-refractivity contribution in [3.63, 3.8) is 0 Å². The molecule has 0 bridgehead atoms. The summed E-state index contributed by atoms with van der Waals surface area (Å²) in [5.41, 5.74) is 1.05. The number of carbonyl (C=O) groups excluding carboxylic acids is 2. The molecule has 2 rings (SSSR count). The molecule has 0 aliphatic heterocycles. The van der Waals surface area contributed by atoms with E-state index in [9.17, 15) is 9.59 Å². The van der Waals surface area contributed by atoms with Crippen LogP contribution in [0.3, 0.4) is 0 Å². The molecule has 2 heterocycles. The Morgan fingerprint density at radius 1 is 0.889 bits per heavy atom. The van der Waals surface area contributed by atoms with Crippen molar-refractivity contribution in [1.82, 2.24) is 19.6 Å². The number of ketones is 2. The van der Waals surface area contributed by atoms with Crippen LogP contribution in [0.5, 0.6) is 0 Å². The molecule has 0 unspecified atom stereocenters. The Labute approximate surface area is 105 Å². The standard InChI is InChI=1S/2C6H8N2O/c2*1-5(9)6-3-4-8(2)7-6/h2*3-4H,1-2H3. The van der Waals surface area contributed by atoms with Gasteiger partial charge in [-0.1, -0.05) is 0 Å². The summed E-state index contributed by atoms with van der Waals surface area (Å²) in [5, 5.41) is 7.75. The van der Waals surface area contributed by atoms with Crippen molar-refractivity contribution in [2.75, 3.05) is 0 Å². The Kier molecular flexibility index (Phi) is 4.53. The molecule has 0 spiro atoms. The van der Waals surface area contributed by atoms with Gasteiger partial charge in [0.05, 0.1) is 0 Å². The number of hydrogen-bond donors (Lipinski definition) is 0. The third-order valence-corrected chi connectivity index (χ3v) is 2.15. The van der Waals surface area contributed by atoms with Gasteiger partial charge < -0.3 is 0 Å². The zero-order chi connectivity index (χ0) is 13.7. The largest absolute Gasteiger partial charge is 0.293 e. The highest BCUT2D eigenvalue weighted by molar-refractivity contribution is 5.92. The summed E-state index contributed by atoms with van der Waals surface area (Å²) in [7, 11) is 3.57. The predicted octanol–water partition coefficient (Wildman–Crippen LogP) is 1.25. The van der Waals surface area contributed by atoms with Gasteiger partial charge in [-0.3, -0.25) is 19.0 Å². The SMILES string of the molecule is CC(=O)c1ccn(C)n1.CC(=O)c1ccn(C)n1. The van der Waals surface area contributed by atoms with Gasteiger partial charge in [0.15, 0.2) is 11.6 Å². The molecular weight excluding hydrogens is 232 g/mol. The van der Waals surface area contributed by atoms with Crippen molar-refractivity contribution in [3.8, 4) is 0 Å². The molecule has 2 aromatic heterocycles. The fraction of sp³-hybridized carbons (Fsp3) is 0.333. The fourth-order valence-electron chi connectivity index (χ4n) is 1.21. The van der Waals surface area contributed by atoms with E-state index < -0.39 is 0 Å². The van der Waals surface area contributed by atoms with Gasteiger partial charge in [0.1, 0.15) is 11.4 Å². The summed E-state index contributed by atoms with van der Waals surface area (Å²) in [6.45, 7) is 3.00. The molecule has 0 fully saturated rings. The first-order valence-corrected chi connectivity index (χ1v) is 5.41. The van der Waals surface area contributed by atoms with E-state index in [0.717, 1.165) is 0 Å². The maximum absolute atomic E-state index is 10.6. The zero-order valence-corrected chi connectivity index (χ0v) is 10.9. The van der Waals surface area contributed by atoms with Gasteiger partial charge in [0, 0.05) is 40.3 Å². The minimum atomic E-state index is 0.00981.